The molecule has 41 heavy (non-hydrogen) atoms. The fraction of sp³-hybridized carbons (Fsp3) is 0.310. The molecule has 0 aliphatic rings. The number of benzene rings is 3. The lowest BCUT2D eigenvalue weighted by molar-refractivity contribution is -0.140. The molecule has 0 aliphatic heterocycles. The van der Waals surface area contributed by atoms with Crippen LogP contribution in [0.2, 0.25) is 15.1 Å². The lowest BCUT2D eigenvalue weighted by Crippen LogP contribution is -2.53. The van der Waals surface area contributed by atoms with E-state index in [1.54, 1.807) is 0 Å². The summed E-state index contributed by atoms with van der Waals surface area (Å²) in [5.41, 5.74) is 1.62. The summed E-state index contributed by atoms with van der Waals surface area (Å²) < 4.78 is 27.6. The fourth-order valence-corrected chi connectivity index (χ4v) is 5.96. The Labute approximate surface area is 264 Å². The Morgan fingerprint density at radius 2 is 1.56 bits per heavy atom. The molecule has 12 heteroatoms. The Bertz CT molecular complexity index is 1460. The van der Waals surface area contributed by atoms with Crippen molar-refractivity contribution < 1.29 is 18.0 Å². The van der Waals surface area contributed by atoms with Crippen LogP contribution in [-0.2, 0) is 32.6 Å². The summed E-state index contributed by atoms with van der Waals surface area (Å²) in [5, 5.41) is 3.18. The third kappa shape index (κ3) is 9.61. The molecule has 0 aromatic heterocycles. The number of nitrogens with one attached hydrogen (secondary N) is 1. The summed E-state index contributed by atoms with van der Waals surface area (Å²) in [6, 6.07) is 18.4. The monoisotopic (exact) mass is 701 g/mol. The SMILES string of the molecule is CCCCNC(=O)[C@@H](Cc1ccccc1)N(Cc1ccc(Br)cc1)C(=O)CN(c1cc(Cl)c(Cl)cc1Cl)S(C)(=O)=O. The number of rotatable bonds is 13. The molecule has 0 unspecified atom stereocenters. The number of carbonyl (C=O) groups excluding carboxylic acids is 2. The van der Waals surface area contributed by atoms with E-state index in [0.717, 1.165) is 39.0 Å². The molecule has 2 amide bonds. The lowest BCUT2D eigenvalue weighted by atomic mass is 10.0. The van der Waals surface area contributed by atoms with Crippen molar-refractivity contribution in [1.82, 2.24) is 10.2 Å². The molecule has 220 valence electrons. The second-order valence-corrected chi connectivity index (χ2v) is 13.5. The molecule has 0 aliphatic carbocycles. The van der Waals surface area contributed by atoms with Crippen LogP contribution in [0.1, 0.15) is 30.9 Å². The van der Waals surface area contributed by atoms with Gasteiger partial charge >= 0.3 is 0 Å². The van der Waals surface area contributed by atoms with Gasteiger partial charge < -0.3 is 10.2 Å². The maximum absolute atomic E-state index is 14.1. The number of carbonyl (C=O) groups is 2. The van der Waals surface area contributed by atoms with Crippen LogP contribution in [0.25, 0.3) is 0 Å². The first kappa shape index (κ1) is 33.2. The van der Waals surface area contributed by atoms with E-state index in [1.807, 2.05) is 61.5 Å². The van der Waals surface area contributed by atoms with Gasteiger partial charge in [-0.3, -0.25) is 13.9 Å². The van der Waals surface area contributed by atoms with E-state index in [-0.39, 0.29) is 39.6 Å². The number of halogens is 4. The molecule has 1 N–H and O–H groups in total. The quantitative estimate of drug-likeness (QED) is 0.158. The van der Waals surface area contributed by atoms with Gasteiger partial charge in [-0.25, -0.2) is 8.42 Å². The molecule has 3 aromatic rings. The number of sulfonamides is 1. The van der Waals surface area contributed by atoms with Crippen molar-refractivity contribution in [3.63, 3.8) is 0 Å². The van der Waals surface area contributed by atoms with E-state index < -0.39 is 28.5 Å². The predicted octanol–water partition coefficient (Wildman–Crippen LogP) is 6.73. The van der Waals surface area contributed by atoms with Gasteiger partial charge in [-0.05, 0) is 41.8 Å². The van der Waals surface area contributed by atoms with Gasteiger partial charge in [0.15, 0.2) is 0 Å². The van der Waals surface area contributed by atoms with Crippen LogP contribution in [0.4, 0.5) is 5.69 Å². The maximum Gasteiger partial charge on any atom is 0.244 e. The predicted molar refractivity (Wildman–Crippen MR) is 170 cm³/mol. The lowest BCUT2D eigenvalue weighted by Gasteiger charge is -2.33. The summed E-state index contributed by atoms with van der Waals surface area (Å²) >= 11 is 22.0. The zero-order chi connectivity index (χ0) is 30.2. The minimum Gasteiger partial charge on any atom is -0.354 e. The van der Waals surface area contributed by atoms with Gasteiger partial charge in [0.2, 0.25) is 21.8 Å². The largest absolute Gasteiger partial charge is 0.354 e. The molecule has 0 heterocycles. The number of amides is 2. The Balaban J connectivity index is 2.07. The van der Waals surface area contributed by atoms with E-state index in [2.05, 4.69) is 21.2 Å². The van der Waals surface area contributed by atoms with Gasteiger partial charge in [-0.2, -0.15) is 0 Å². The Kier molecular flexibility index (Phi) is 12.4. The van der Waals surface area contributed by atoms with Crippen molar-refractivity contribution in [3.8, 4) is 0 Å². The average Bonchev–Trinajstić information content (AvgIpc) is 2.92. The highest BCUT2D eigenvalue weighted by atomic mass is 79.9. The first-order chi connectivity index (χ1) is 19.4. The van der Waals surface area contributed by atoms with Gasteiger partial charge in [0.1, 0.15) is 12.6 Å². The van der Waals surface area contributed by atoms with Crippen LogP contribution in [0.15, 0.2) is 71.2 Å². The summed E-state index contributed by atoms with van der Waals surface area (Å²) in [7, 11) is -4.01. The first-order valence-electron chi connectivity index (χ1n) is 12.9. The second-order valence-electron chi connectivity index (χ2n) is 9.49. The van der Waals surface area contributed by atoms with Gasteiger partial charge in [0, 0.05) is 24.0 Å². The zero-order valence-electron chi connectivity index (χ0n) is 22.6. The van der Waals surface area contributed by atoms with E-state index in [4.69, 9.17) is 34.8 Å². The van der Waals surface area contributed by atoms with E-state index in [0.29, 0.717) is 6.54 Å². The number of unbranched alkanes of at least 4 members (excludes halogenated alkanes) is 1. The molecule has 3 rings (SSSR count). The van der Waals surface area contributed by atoms with Crippen molar-refractivity contribution >= 4 is 78.3 Å². The normalized spacial score (nSPS) is 12.0. The van der Waals surface area contributed by atoms with Crippen molar-refractivity contribution in [2.24, 2.45) is 0 Å². The number of hydrogen-bond donors (Lipinski definition) is 1. The van der Waals surface area contributed by atoms with Gasteiger partial charge in [0.25, 0.3) is 0 Å². The zero-order valence-corrected chi connectivity index (χ0v) is 27.3. The standard InChI is InChI=1S/C29H31BrCl3N3O4S/c1-3-4-14-34-29(38)27(15-20-8-6-5-7-9-20)35(18-21-10-12-22(30)13-11-21)28(37)19-36(41(2,39)40)26-17-24(32)23(31)16-25(26)33/h5-13,16-17,27H,3-4,14-15,18-19H2,1-2H3,(H,34,38)/t27-/m1/s1. The van der Waals surface area contributed by atoms with Crippen LogP contribution in [-0.4, -0.2) is 50.5 Å². The highest BCUT2D eigenvalue weighted by Crippen LogP contribution is 2.35. The van der Waals surface area contributed by atoms with Crippen molar-refractivity contribution in [1.29, 1.82) is 0 Å². The van der Waals surface area contributed by atoms with Gasteiger partial charge in [-0.15, -0.1) is 0 Å². The van der Waals surface area contributed by atoms with Crippen LogP contribution in [0.5, 0.6) is 0 Å². The molecule has 0 bridgehead atoms. The maximum atomic E-state index is 14.1. The Morgan fingerprint density at radius 1 is 0.927 bits per heavy atom. The van der Waals surface area contributed by atoms with Crippen molar-refractivity contribution in [2.45, 2.75) is 38.8 Å². The molecule has 0 fully saturated rings. The first-order valence-corrected chi connectivity index (χ1v) is 16.7. The van der Waals surface area contributed by atoms with Crippen LogP contribution in [0.3, 0.4) is 0 Å². The van der Waals surface area contributed by atoms with E-state index in [1.165, 1.54) is 17.0 Å². The Hall–Kier alpha value is -2.30. The molecule has 0 radical (unpaired) electrons. The average molecular weight is 704 g/mol. The molecule has 0 saturated carbocycles. The topological polar surface area (TPSA) is 86.8 Å². The molecular weight excluding hydrogens is 673 g/mol. The fourth-order valence-electron chi connectivity index (χ4n) is 4.14. The highest BCUT2D eigenvalue weighted by molar-refractivity contribution is 9.10. The highest BCUT2D eigenvalue weighted by Gasteiger charge is 2.33. The summed E-state index contributed by atoms with van der Waals surface area (Å²) in [6.45, 7) is 1.93. The Morgan fingerprint density at radius 3 is 2.17 bits per heavy atom. The summed E-state index contributed by atoms with van der Waals surface area (Å²) in [4.78, 5) is 29.1. The third-order valence-electron chi connectivity index (χ3n) is 6.30. The molecule has 1 atom stereocenters. The summed E-state index contributed by atoms with van der Waals surface area (Å²) in [6.07, 6.45) is 2.87. The number of anilines is 1. The van der Waals surface area contributed by atoms with Crippen LogP contribution < -0.4 is 9.62 Å². The molecule has 0 spiro atoms. The molecule has 3 aromatic carbocycles. The van der Waals surface area contributed by atoms with Gasteiger partial charge in [0.05, 0.1) is 27.0 Å². The van der Waals surface area contributed by atoms with E-state index >= 15 is 0 Å². The number of hydrogen-bond acceptors (Lipinski definition) is 4. The third-order valence-corrected chi connectivity index (χ3v) is 8.98. The molecule has 0 saturated heterocycles. The minimum atomic E-state index is -4.01. The molecular formula is C29H31BrCl3N3O4S. The van der Waals surface area contributed by atoms with Crippen LogP contribution >= 0.6 is 50.7 Å². The minimum absolute atomic E-state index is 0.00696. The van der Waals surface area contributed by atoms with Gasteiger partial charge in [-0.1, -0.05) is 107 Å². The number of nitrogens with zero attached hydrogens (tertiary/aromatic N) is 2. The smallest absolute Gasteiger partial charge is 0.244 e. The van der Waals surface area contributed by atoms with Crippen molar-refractivity contribution in [2.75, 3.05) is 23.7 Å². The summed E-state index contributed by atoms with van der Waals surface area (Å²) in [5.74, 6) is -0.918. The van der Waals surface area contributed by atoms with E-state index in [9.17, 15) is 18.0 Å². The second kappa shape index (κ2) is 15.3. The van der Waals surface area contributed by atoms with Crippen LogP contribution in [0, 0.1) is 0 Å². The molecule has 7 nitrogen and oxygen atoms in total. The van der Waals surface area contributed by atoms with Crippen molar-refractivity contribution in [3.05, 3.63) is 97.4 Å².